The summed E-state index contributed by atoms with van der Waals surface area (Å²) in [5, 5.41) is 2.84. The monoisotopic (exact) mass is 337 g/mol. The Kier molecular flexibility index (Phi) is 5.69. The van der Waals surface area contributed by atoms with Gasteiger partial charge in [-0.25, -0.2) is 4.98 Å². The normalized spacial score (nSPS) is 15.4. The summed E-state index contributed by atoms with van der Waals surface area (Å²) in [4.78, 5) is 18.5. The van der Waals surface area contributed by atoms with Crippen molar-refractivity contribution in [1.82, 2.24) is 4.98 Å². The fraction of sp³-hybridized carbons (Fsp3) is 0.429. The standard InChI is InChI=1S/C21H27N3O/c1-16(2)21(25)23-20-9-8-19(15-22-20)24-12-10-18(11-13-24)14-17-6-4-3-5-7-17/h3-9,15-16,18H,10-14H2,1-2H3,(H,22,23,25). The zero-order valence-corrected chi connectivity index (χ0v) is 15.1. The van der Waals surface area contributed by atoms with Crippen LogP contribution in [0.25, 0.3) is 0 Å². The van der Waals surface area contributed by atoms with Crippen LogP contribution in [0.1, 0.15) is 32.3 Å². The number of anilines is 2. The predicted octanol–water partition coefficient (Wildman–Crippen LogP) is 4.14. The fourth-order valence-electron chi connectivity index (χ4n) is 3.26. The van der Waals surface area contributed by atoms with Gasteiger partial charge in [0.05, 0.1) is 11.9 Å². The molecule has 3 rings (SSSR count). The molecule has 1 N–H and O–H groups in total. The minimum atomic E-state index is -0.0369. The molecular weight excluding hydrogens is 310 g/mol. The third-order valence-electron chi connectivity index (χ3n) is 4.87. The van der Waals surface area contributed by atoms with E-state index in [0.29, 0.717) is 5.82 Å². The lowest BCUT2D eigenvalue weighted by Gasteiger charge is -2.33. The van der Waals surface area contributed by atoms with E-state index >= 15 is 0 Å². The summed E-state index contributed by atoms with van der Waals surface area (Å²) < 4.78 is 0. The maximum absolute atomic E-state index is 11.7. The highest BCUT2D eigenvalue weighted by Crippen LogP contribution is 2.26. The number of benzene rings is 1. The maximum Gasteiger partial charge on any atom is 0.228 e. The Morgan fingerprint density at radius 2 is 1.88 bits per heavy atom. The van der Waals surface area contributed by atoms with Crippen LogP contribution in [0, 0.1) is 11.8 Å². The highest BCUT2D eigenvalue weighted by atomic mass is 16.1. The number of piperidine rings is 1. The minimum absolute atomic E-state index is 0.00183. The van der Waals surface area contributed by atoms with Gasteiger partial charge in [0.1, 0.15) is 5.82 Å². The summed E-state index contributed by atoms with van der Waals surface area (Å²) in [6, 6.07) is 14.7. The van der Waals surface area contributed by atoms with Crippen LogP contribution in [-0.2, 0) is 11.2 Å². The van der Waals surface area contributed by atoms with E-state index in [4.69, 9.17) is 0 Å². The second-order valence-electron chi connectivity index (χ2n) is 7.17. The molecule has 0 aliphatic carbocycles. The number of hydrogen-bond donors (Lipinski definition) is 1. The molecule has 4 nitrogen and oxygen atoms in total. The van der Waals surface area contributed by atoms with Crippen molar-refractivity contribution in [1.29, 1.82) is 0 Å². The predicted molar refractivity (Wildman–Crippen MR) is 103 cm³/mol. The molecule has 1 aromatic heterocycles. The first-order valence-electron chi connectivity index (χ1n) is 9.17. The van der Waals surface area contributed by atoms with E-state index < -0.39 is 0 Å². The van der Waals surface area contributed by atoms with Gasteiger partial charge in [-0.2, -0.15) is 0 Å². The average Bonchev–Trinajstić information content (AvgIpc) is 2.64. The van der Waals surface area contributed by atoms with E-state index in [-0.39, 0.29) is 11.8 Å². The smallest absolute Gasteiger partial charge is 0.228 e. The number of amides is 1. The lowest BCUT2D eigenvalue weighted by molar-refractivity contribution is -0.118. The molecule has 1 aliphatic rings. The van der Waals surface area contributed by atoms with Crippen molar-refractivity contribution >= 4 is 17.4 Å². The molecule has 25 heavy (non-hydrogen) atoms. The topological polar surface area (TPSA) is 45.2 Å². The molecule has 2 heterocycles. The molecule has 1 saturated heterocycles. The first kappa shape index (κ1) is 17.5. The van der Waals surface area contributed by atoms with Crippen molar-refractivity contribution in [2.75, 3.05) is 23.3 Å². The molecule has 4 heteroatoms. The summed E-state index contributed by atoms with van der Waals surface area (Å²) >= 11 is 0. The molecule has 2 aromatic rings. The van der Waals surface area contributed by atoms with Crippen molar-refractivity contribution in [3.63, 3.8) is 0 Å². The first-order chi connectivity index (χ1) is 12.1. The fourth-order valence-corrected chi connectivity index (χ4v) is 3.26. The highest BCUT2D eigenvalue weighted by molar-refractivity contribution is 5.91. The molecule has 0 bridgehead atoms. The zero-order valence-electron chi connectivity index (χ0n) is 15.1. The molecule has 1 fully saturated rings. The Labute approximate surface area is 150 Å². The molecule has 1 amide bonds. The number of rotatable bonds is 5. The number of aromatic nitrogens is 1. The summed E-state index contributed by atoms with van der Waals surface area (Å²) in [6.07, 6.45) is 5.46. The van der Waals surface area contributed by atoms with Gasteiger partial charge in [0.15, 0.2) is 0 Å². The van der Waals surface area contributed by atoms with Crippen molar-refractivity contribution in [2.45, 2.75) is 33.1 Å². The van der Waals surface area contributed by atoms with Crippen LogP contribution in [0.2, 0.25) is 0 Å². The second-order valence-corrected chi connectivity index (χ2v) is 7.17. The summed E-state index contributed by atoms with van der Waals surface area (Å²) in [7, 11) is 0. The van der Waals surface area contributed by atoms with Crippen LogP contribution in [-0.4, -0.2) is 24.0 Å². The van der Waals surface area contributed by atoms with Gasteiger partial charge in [-0.05, 0) is 42.9 Å². The van der Waals surface area contributed by atoms with E-state index in [2.05, 4.69) is 51.6 Å². The number of carbonyl (C=O) groups excluding carboxylic acids is 1. The summed E-state index contributed by atoms with van der Waals surface area (Å²) in [6.45, 7) is 5.89. The molecule has 0 saturated carbocycles. The van der Waals surface area contributed by atoms with E-state index in [1.165, 1.54) is 24.8 Å². The molecule has 1 aliphatic heterocycles. The largest absolute Gasteiger partial charge is 0.370 e. The number of pyridine rings is 1. The number of nitrogens with one attached hydrogen (secondary N) is 1. The van der Waals surface area contributed by atoms with Crippen LogP contribution in [0.5, 0.6) is 0 Å². The van der Waals surface area contributed by atoms with E-state index in [1.54, 1.807) is 0 Å². The SMILES string of the molecule is CC(C)C(=O)Nc1ccc(N2CCC(Cc3ccccc3)CC2)cn1. The Morgan fingerprint density at radius 1 is 1.16 bits per heavy atom. The molecule has 0 atom stereocenters. The zero-order chi connectivity index (χ0) is 17.6. The Balaban J connectivity index is 1.51. The van der Waals surface area contributed by atoms with Gasteiger partial charge in [0, 0.05) is 19.0 Å². The third kappa shape index (κ3) is 4.81. The van der Waals surface area contributed by atoms with Crippen LogP contribution in [0.3, 0.4) is 0 Å². The van der Waals surface area contributed by atoms with Gasteiger partial charge in [0.2, 0.25) is 5.91 Å². The lowest BCUT2D eigenvalue weighted by Crippen LogP contribution is -2.34. The first-order valence-corrected chi connectivity index (χ1v) is 9.17. The third-order valence-corrected chi connectivity index (χ3v) is 4.87. The maximum atomic E-state index is 11.7. The molecule has 0 spiro atoms. The van der Waals surface area contributed by atoms with Gasteiger partial charge < -0.3 is 10.2 Å². The lowest BCUT2D eigenvalue weighted by atomic mass is 9.90. The second kappa shape index (κ2) is 8.15. The Morgan fingerprint density at radius 3 is 2.48 bits per heavy atom. The highest BCUT2D eigenvalue weighted by Gasteiger charge is 2.20. The van der Waals surface area contributed by atoms with Crippen molar-refractivity contribution < 1.29 is 4.79 Å². The van der Waals surface area contributed by atoms with Gasteiger partial charge in [-0.1, -0.05) is 44.2 Å². The average molecular weight is 337 g/mol. The van der Waals surface area contributed by atoms with Crippen molar-refractivity contribution in [3.05, 3.63) is 54.2 Å². The Bertz CT molecular complexity index is 674. The summed E-state index contributed by atoms with van der Waals surface area (Å²) in [5.74, 6) is 1.35. The number of carbonyl (C=O) groups is 1. The molecule has 0 radical (unpaired) electrons. The van der Waals surface area contributed by atoms with Gasteiger partial charge in [-0.3, -0.25) is 4.79 Å². The molecule has 0 unspecified atom stereocenters. The van der Waals surface area contributed by atoms with Crippen LogP contribution >= 0.6 is 0 Å². The van der Waals surface area contributed by atoms with E-state index in [0.717, 1.165) is 24.7 Å². The van der Waals surface area contributed by atoms with Gasteiger partial charge in [-0.15, -0.1) is 0 Å². The quantitative estimate of drug-likeness (QED) is 0.892. The van der Waals surface area contributed by atoms with Crippen LogP contribution in [0.4, 0.5) is 11.5 Å². The van der Waals surface area contributed by atoms with Crippen LogP contribution < -0.4 is 10.2 Å². The molecule has 1 aromatic carbocycles. The van der Waals surface area contributed by atoms with Gasteiger partial charge in [0.25, 0.3) is 0 Å². The molecule has 132 valence electrons. The van der Waals surface area contributed by atoms with Crippen molar-refractivity contribution in [3.8, 4) is 0 Å². The van der Waals surface area contributed by atoms with Crippen LogP contribution in [0.15, 0.2) is 48.7 Å². The van der Waals surface area contributed by atoms with Gasteiger partial charge >= 0.3 is 0 Å². The number of hydrogen-bond acceptors (Lipinski definition) is 3. The minimum Gasteiger partial charge on any atom is -0.370 e. The van der Waals surface area contributed by atoms with E-state index in [1.807, 2.05) is 26.1 Å². The molecular formula is C21H27N3O. The van der Waals surface area contributed by atoms with Crippen molar-refractivity contribution in [2.24, 2.45) is 11.8 Å². The summed E-state index contributed by atoms with van der Waals surface area (Å²) in [5.41, 5.74) is 2.58. The Hall–Kier alpha value is -2.36. The van der Waals surface area contributed by atoms with E-state index in [9.17, 15) is 4.79 Å². The number of nitrogens with zero attached hydrogens (tertiary/aromatic N) is 2.